The van der Waals surface area contributed by atoms with Gasteiger partial charge in [0, 0.05) is 38.3 Å². The molecule has 39 heavy (non-hydrogen) atoms. The van der Waals surface area contributed by atoms with E-state index in [1.807, 2.05) is 49.4 Å². The molecule has 1 spiro atoms. The topological polar surface area (TPSA) is 94.2 Å². The summed E-state index contributed by atoms with van der Waals surface area (Å²) < 4.78 is 98.9. The highest BCUT2D eigenvalue weighted by atomic mass is 19.4. The lowest BCUT2D eigenvalue weighted by Gasteiger charge is -2.45. The smallest absolute Gasteiger partial charge is 0.475 e. The molecule has 2 N–H and O–H groups in total. The predicted molar refractivity (Wildman–Crippen MR) is 121 cm³/mol. The number of para-hydroxylation sites is 1. The van der Waals surface area contributed by atoms with Crippen LogP contribution in [0.2, 0.25) is 0 Å². The molecule has 1 aromatic heterocycles. The SMILES string of the molecule is Cc1ccc(CN2CCC(F)(F)C3(CCN(c4ccccc4)C3)C2)o1.O=C(O)C(F)(F)F.O=C(O)C(F)(F)F. The van der Waals surface area contributed by atoms with Crippen molar-refractivity contribution in [2.24, 2.45) is 5.41 Å². The Morgan fingerprint density at radius 3 is 1.87 bits per heavy atom. The first kappa shape index (κ1) is 31.9. The van der Waals surface area contributed by atoms with Gasteiger partial charge in [-0.05, 0) is 37.6 Å². The summed E-state index contributed by atoms with van der Waals surface area (Å²) in [5, 5.41) is 14.2. The van der Waals surface area contributed by atoms with Crippen molar-refractivity contribution in [3.8, 4) is 0 Å². The monoisotopic (exact) mass is 574 g/mol. The number of halogens is 8. The van der Waals surface area contributed by atoms with Crippen LogP contribution in [0.5, 0.6) is 0 Å². The van der Waals surface area contributed by atoms with Crippen molar-refractivity contribution in [1.29, 1.82) is 0 Å². The third kappa shape index (κ3) is 8.83. The molecule has 0 amide bonds. The molecule has 3 heterocycles. The number of anilines is 1. The summed E-state index contributed by atoms with van der Waals surface area (Å²) in [5.74, 6) is -6.41. The molecule has 2 fully saturated rings. The highest BCUT2D eigenvalue weighted by Gasteiger charge is 2.59. The van der Waals surface area contributed by atoms with Gasteiger partial charge in [-0.25, -0.2) is 18.4 Å². The Balaban J connectivity index is 0.000000317. The minimum atomic E-state index is -5.08. The third-order valence-corrected chi connectivity index (χ3v) is 6.18. The van der Waals surface area contributed by atoms with Crippen molar-refractivity contribution in [2.45, 2.75) is 44.6 Å². The molecule has 0 aliphatic carbocycles. The number of carboxylic acids is 2. The molecule has 2 aliphatic heterocycles. The Kier molecular flexibility index (Phi) is 9.98. The summed E-state index contributed by atoms with van der Waals surface area (Å²) in [5.41, 5.74) is 0.0666. The van der Waals surface area contributed by atoms with Crippen molar-refractivity contribution in [1.82, 2.24) is 4.90 Å². The van der Waals surface area contributed by atoms with Crippen LogP contribution in [-0.4, -0.2) is 71.5 Å². The van der Waals surface area contributed by atoms with E-state index in [9.17, 15) is 35.1 Å². The van der Waals surface area contributed by atoms with Gasteiger partial charge in [0.25, 0.3) is 5.92 Å². The zero-order valence-electron chi connectivity index (χ0n) is 20.5. The van der Waals surface area contributed by atoms with Gasteiger partial charge in [-0.1, -0.05) is 18.2 Å². The lowest BCUT2D eigenvalue weighted by molar-refractivity contribution is -0.193. The van der Waals surface area contributed by atoms with Crippen LogP contribution in [-0.2, 0) is 16.1 Å². The maximum Gasteiger partial charge on any atom is 0.490 e. The summed E-state index contributed by atoms with van der Waals surface area (Å²) in [6.45, 7) is 4.45. The Morgan fingerprint density at radius 2 is 1.41 bits per heavy atom. The van der Waals surface area contributed by atoms with Crippen LogP contribution in [0.3, 0.4) is 0 Å². The van der Waals surface area contributed by atoms with Gasteiger partial charge in [0.1, 0.15) is 11.5 Å². The fourth-order valence-corrected chi connectivity index (χ4v) is 4.27. The van der Waals surface area contributed by atoms with E-state index in [1.165, 1.54) is 0 Å². The quantitative estimate of drug-likeness (QED) is 0.462. The molecule has 1 atom stereocenters. The second-order valence-corrected chi connectivity index (χ2v) is 9.07. The number of hydrogen-bond acceptors (Lipinski definition) is 5. The Labute approximate surface area is 217 Å². The van der Waals surface area contributed by atoms with E-state index in [4.69, 9.17) is 24.2 Å². The number of alkyl halides is 8. The zero-order valence-corrected chi connectivity index (χ0v) is 20.5. The minimum Gasteiger partial charge on any atom is -0.475 e. The van der Waals surface area contributed by atoms with E-state index in [-0.39, 0.29) is 6.42 Å². The summed E-state index contributed by atoms with van der Waals surface area (Å²) in [7, 11) is 0. The minimum absolute atomic E-state index is 0.0741. The van der Waals surface area contributed by atoms with Crippen LogP contribution in [0.1, 0.15) is 24.4 Å². The predicted octanol–water partition coefficient (Wildman–Crippen LogP) is 5.59. The number of carboxylic acid groups (broad SMARTS) is 2. The van der Waals surface area contributed by atoms with Crippen LogP contribution >= 0.6 is 0 Å². The zero-order chi connectivity index (χ0) is 29.6. The molecule has 1 aromatic carbocycles. The number of carbonyl (C=O) groups is 2. The fourth-order valence-electron chi connectivity index (χ4n) is 4.27. The largest absolute Gasteiger partial charge is 0.490 e. The van der Waals surface area contributed by atoms with Crippen molar-refractivity contribution >= 4 is 17.6 Å². The van der Waals surface area contributed by atoms with Crippen LogP contribution in [0, 0.1) is 12.3 Å². The number of rotatable bonds is 3. The van der Waals surface area contributed by atoms with Crippen LogP contribution in [0.15, 0.2) is 46.9 Å². The molecule has 15 heteroatoms. The first-order valence-electron chi connectivity index (χ1n) is 11.4. The van der Waals surface area contributed by atoms with Gasteiger partial charge in [-0.3, -0.25) is 4.90 Å². The number of piperidine rings is 1. The van der Waals surface area contributed by atoms with Gasteiger partial charge >= 0.3 is 24.3 Å². The van der Waals surface area contributed by atoms with Crippen LogP contribution in [0.25, 0.3) is 0 Å². The van der Waals surface area contributed by atoms with Gasteiger partial charge < -0.3 is 19.5 Å². The van der Waals surface area contributed by atoms with E-state index >= 15 is 0 Å². The highest BCUT2D eigenvalue weighted by Crippen LogP contribution is 2.50. The van der Waals surface area contributed by atoms with E-state index in [1.54, 1.807) is 0 Å². The average molecular weight is 574 g/mol. The molecule has 0 radical (unpaired) electrons. The van der Waals surface area contributed by atoms with Gasteiger partial charge in [0.2, 0.25) is 0 Å². The van der Waals surface area contributed by atoms with Crippen molar-refractivity contribution in [3.63, 3.8) is 0 Å². The average Bonchev–Trinajstić information content (AvgIpc) is 3.44. The molecule has 2 aliphatic rings. The summed E-state index contributed by atoms with van der Waals surface area (Å²) in [4.78, 5) is 22.0. The number of likely N-dealkylation sites (tertiary alicyclic amines) is 1. The molecule has 7 nitrogen and oxygen atoms in total. The Morgan fingerprint density at radius 1 is 0.872 bits per heavy atom. The van der Waals surface area contributed by atoms with Crippen molar-refractivity contribution < 1.29 is 59.3 Å². The molecular formula is C24H26F8N2O5. The van der Waals surface area contributed by atoms with E-state index in [0.29, 0.717) is 39.1 Å². The van der Waals surface area contributed by atoms with Crippen LogP contribution in [0.4, 0.5) is 40.8 Å². The van der Waals surface area contributed by atoms with Crippen molar-refractivity contribution in [3.05, 3.63) is 54.0 Å². The highest BCUT2D eigenvalue weighted by molar-refractivity contribution is 5.73. The van der Waals surface area contributed by atoms with Gasteiger partial charge in [-0.15, -0.1) is 0 Å². The summed E-state index contributed by atoms with van der Waals surface area (Å²) in [6.07, 6.45) is -9.71. The number of furan rings is 1. The molecule has 1 unspecified atom stereocenters. The molecule has 4 rings (SSSR count). The Hall–Kier alpha value is -3.36. The Bertz CT molecular complexity index is 1080. The summed E-state index contributed by atoms with van der Waals surface area (Å²) >= 11 is 0. The summed E-state index contributed by atoms with van der Waals surface area (Å²) in [6, 6.07) is 13.8. The lowest BCUT2D eigenvalue weighted by atomic mass is 9.75. The van der Waals surface area contributed by atoms with Gasteiger partial charge in [-0.2, -0.15) is 26.3 Å². The standard InChI is InChI=1S/C20H24F2N2O.2C2HF3O2/c1-16-7-8-18(25-16)13-23-11-10-20(21,22)19(14-23)9-12-24(15-19)17-5-3-2-4-6-17;2*3-2(4,5)1(6)7/h2-8H,9-15H2,1H3;2*(H,6,7). The maximum absolute atomic E-state index is 14.9. The second kappa shape index (κ2) is 12.2. The van der Waals surface area contributed by atoms with Crippen molar-refractivity contribution in [2.75, 3.05) is 31.1 Å². The lowest BCUT2D eigenvalue weighted by Crippen LogP contribution is -2.56. The molecule has 0 saturated carbocycles. The number of benzene rings is 1. The number of hydrogen-bond donors (Lipinski definition) is 2. The molecule has 2 saturated heterocycles. The number of aryl methyl sites for hydroxylation is 1. The van der Waals surface area contributed by atoms with E-state index in [2.05, 4.69) is 9.80 Å². The third-order valence-electron chi connectivity index (χ3n) is 6.18. The number of aliphatic carboxylic acids is 2. The molecule has 0 bridgehead atoms. The molecule has 218 valence electrons. The normalized spacial score (nSPS) is 21.0. The first-order valence-corrected chi connectivity index (χ1v) is 11.4. The molecular weight excluding hydrogens is 548 g/mol. The van der Waals surface area contributed by atoms with Gasteiger partial charge in [0.05, 0.1) is 12.0 Å². The fraction of sp³-hybridized carbons (Fsp3) is 0.500. The second-order valence-electron chi connectivity index (χ2n) is 9.07. The van der Waals surface area contributed by atoms with E-state index in [0.717, 1.165) is 17.2 Å². The van der Waals surface area contributed by atoms with Gasteiger partial charge in [0.15, 0.2) is 0 Å². The molecule has 2 aromatic rings. The number of nitrogens with zero attached hydrogens (tertiary/aromatic N) is 2. The maximum atomic E-state index is 14.9. The first-order chi connectivity index (χ1) is 17.9. The van der Waals surface area contributed by atoms with Crippen LogP contribution < -0.4 is 4.90 Å². The van der Waals surface area contributed by atoms with E-state index < -0.39 is 35.6 Å².